The Kier molecular flexibility index (Phi) is 4.71. The van der Waals surface area contributed by atoms with E-state index >= 15 is 0 Å². The van der Waals surface area contributed by atoms with E-state index in [2.05, 4.69) is 10.6 Å². The maximum absolute atomic E-state index is 12.5. The third-order valence-corrected chi connectivity index (χ3v) is 4.08. The number of carbonyl (C=O) groups excluding carboxylic acids is 2. The number of methoxy groups -OCH3 is 1. The van der Waals surface area contributed by atoms with Crippen molar-refractivity contribution in [3.63, 3.8) is 0 Å². The van der Waals surface area contributed by atoms with Gasteiger partial charge in [-0.15, -0.1) is 0 Å². The third kappa shape index (κ3) is 3.35. The topological polar surface area (TPSA) is 90.9 Å². The van der Waals surface area contributed by atoms with Crippen molar-refractivity contribution in [2.45, 2.75) is 18.9 Å². The standard InChI is InChI=1S/C17H21N3O4/c1-24-17(23)12-10-20(8-9-21)16(22)15(12)19-14-5-3-2-4-13(14)18-11-6-7-11/h2-5,11,18-19,21H,6-10H2,1H3. The van der Waals surface area contributed by atoms with Gasteiger partial charge in [-0.1, -0.05) is 12.1 Å². The van der Waals surface area contributed by atoms with Crippen molar-refractivity contribution in [2.75, 3.05) is 37.4 Å². The summed E-state index contributed by atoms with van der Waals surface area (Å²) < 4.78 is 4.79. The molecule has 0 spiro atoms. The van der Waals surface area contributed by atoms with Crippen molar-refractivity contribution >= 4 is 23.3 Å². The number of esters is 1. The van der Waals surface area contributed by atoms with Gasteiger partial charge in [-0.3, -0.25) is 4.79 Å². The summed E-state index contributed by atoms with van der Waals surface area (Å²) >= 11 is 0. The van der Waals surface area contributed by atoms with Crippen LogP contribution in [0.4, 0.5) is 11.4 Å². The van der Waals surface area contributed by atoms with Gasteiger partial charge in [-0.25, -0.2) is 4.79 Å². The normalized spacial score (nSPS) is 17.2. The number of aliphatic hydroxyl groups excluding tert-OH is 1. The summed E-state index contributed by atoms with van der Waals surface area (Å²) in [4.78, 5) is 26.0. The second kappa shape index (κ2) is 6.92. The summed E-state index contributed by atoms with van der Waals surface area (Å²) in [6.45, 7) is 0.145. The van der Waals surface area contributed by atoms with Crippen LogP contribution in [0.1, 0.15) is 12.8 Å². The highest BCUT2D eigenvalue weighted by Gasteiger charge is 2.34. The molecule has 1 aromatic carbocycles. The second-order valence-electron chi connectivity index (χ2n) is 5.88. The maximum atomic E-state index is 12.5. The smallest absolute Gasteiger partial charge is 0.337 e. The molecule has 1 aliphatic carbocycles. The van der Waals surface area contributed by atoms with Crippen LogP contribution in [-0.2, 0) is 14.3 Å². The molecule has 0 radical (unpaired) electrons. The van der Waals surface area contributed by atoms with Gasteiger partial charge in [-0.05, 0) is 25.0 Å². The van der Waals surface area contributed by atoms with Gasteiger partial charge in [0.25, 0.3) is 5.91 Å². The molecule has 2 aliphatic rings. The van der Waals surface area contributed by atoms with Crippen LogP contribution in [0, 0.1) is 0 Å². The molecular formula is C17H21N3O4. The molecule has 128 valence electrons. The molecule has 1 heterocycles. The molecule has 3 rings (SSSR count). The SMILES string of the molecule is COC(=O)C1=C(Nc2ccccc2NC2CC2)C(=O)N(CCO)C1. The second-order valence-corrected chi connectivity index (χ2v) is 5.88. The molecular weight excluding hydrogens is 310 g/mol. The number of anilines is 2. The number of rotatable bonds is 7. The maximum Gasteiger partial charge on any atom is 0.337 e. The predicted molar refractivity (Wildman–Crippen MR) is 89.4 cm³/mol. The number of aliphatic hydroxyl groups is 1. The average molecular weight is 331 g/mol. The van der Waals surface area contributed by atoms with Crippen molar-refractivity contribution in [1.29, 1.82) is 0 Å². The molecule has 0 aromatic heterocycles. The first-order valence-electron chi connectivity index (χ1n) is 7.98. The average Bonchev–Trinajstić information content (AvgIpc) is 3.36. The number of hydrogen-bond acceptors (Lipinski definition) is 6. The quantitative estimate of drug-likeness (QED) is 0.644. The van der Waals surface area contributed by atoms with E-state index in [1.165, 1.54) is 12.0 Å². The van der Waals surface area contributed by atoms with Crippen LogP contribution in [0.2, 0.25) is 0 Å². The van der Waals surface area contributed by atoms with E-state index in [9.17, 15) is 9.59 Å². The molecule has 7 heteroatoms. The molecule has 0 bridgehead atoms. The molecule has 3 N–H and O–H groups in total. The van der Waals surface area contributed by atoms with E-state index in [1.54, 1.807) is 0 Å². The van der Waals surface area contributed by atoms with Gasteiger partial charge >= 0.3 is 5.97 Å². The Hall–Kier alpha value is -2.54. The molecule has 1 amide bonds. The van der Waals surface area contributed by atoms with Gasteiger partial charge in [0.1, 0.15) is 5.70 Å². The van der Waals surface area contributed by atoms with Gasteiger partial charge in [0.2, 0.25) is 0 Å². The Morgan fingerprint density at radius 1 is 1.33 bits per heavy atom. The van der Waals surface area contributed by atoms with Crippen molar-refractivity contribution < 1.29 is 19.4 Å². The summed E-state index contributed by atoms with van der Waals surface area (Å²) in [6.07, 6.45) is 2.27. The van der Waals surface area contributed by atoms with Crippen LogP contribution in [-0.4, -0.2) is 54.7 Å². The first-order valence-corrected chi connectivity index (χ1v) is 7.98. The van der Waals surface area contributed by atoms with Crippen LogP contribution < -0.4 is 10.6 Å². The Morgan fingerprint density at radius 2 is 2.04 bits per heavy atom. The molecule has 0 saturated heterocycles. The van der Waals surface area contributed by atoms with Crippen LogP contribution in [0.5, 0.6) is 0 Å². The fourth-order valence-electron chi connectivity index (χ4n) is 2.65. The number of nitrogens with zero attached hydrogens (tertiary/aromatic N) is 1. The summed E-state index contributed by atoms with van der Waals surface area (Å²) in [5.74, 6) is -0.857. The number of benzene rings is 1. The Morgan fingerprint density at radius 3 is 2.67 bits per heavy atom. The molecule has 0 unspecified atom stereocenters. The minimum absolute atomic E-state index is 0.132. The largest absolute Gasteiger partial charge is 0.466 e. The monoisotopic (exact) mass is 331 g/mol. The van der Waals surface area contributed by atoms with Crippen molar-refractivity contribution in [3.8, 4) is 0 Å². The zero-order valence-electron chi connectivity index (χ0n) is 13.5. The highest BCUT2D eigenvalue weighted by Crippen LogP contribution is 2.31. The van der Waals surface area contributed by atoms with Gasteiger partial charge in [-0.2, -0.15) is 0 Å². The lowest BCUT2D eigenvalue weighted by atomic mass is 10.2. The molecule has 0 atom stereocenters. The third-order valence-electron chi connectivity index (χ3n) is 4.08. The fraction of sp³-hybridized carbons (Fsp3) is 0.412. The van der Waals surface area contributed by atoms with Gasteiger partial charge in [0, 0.05) is 12.6 Å². The minimum Gasteiger partial charge on any atom is -0.466 e. The molecule has 1 aromatic rings. The first-order chi connectivity index (χ1) is 11.6. The Labute approximate surface area is 140 Å². The number of amides is 1. The van der Waals surface area contributed by atoms with Crippen molar-refractivity contribution in [1.82, 2.24) is 4.90 Å². The van der Waals surface area contributed by atoms with Crippen LogP contribution in [0.3, 0.4) is 0 Å². The lowest BCUT2D eigenvalue weighted by Crippen LogP contribution is -2.31. The number of carbonyl (C=O) groups is 2. The Balaban J connectivity index is 1.87. The van der Waals surface area contributed by atoms with E-state index < -0.39 is 5.97 Å². The van der Waals surface area contributed by atoms with Crippen molar-refractivity contribution in [2.24, 2.45) is 0 Å². The minimum atomic E-state index is -0.543. The summed E-state index contributed by atoms with van der Waals surface area (Å²) in [5, 5.41) is 15.6. The first kappa shape index (κ1) is 16.3. The van der Waals surface area contributed by atoms with Gasteiger partial charge in [0.15, 0.2) is 0 Å². The number of ether oxygens (including phenoxy) is 1. The highest BCUT2D eigenvalue weighted by atomic mass is 16.5. The van der Waals surface area contributed by atoms with Crippen LogP contribution in [0.15, 0.2) is 35.5 Å². The van der Waals surface area contributed by atoms with E-state index in [4.69, 9.17) is 9.84 Å². The number of nitrogens with one attached hydrogen (secondary N) is 2. The number of para-hydroxylation sites is 2. The van der Waals surface area contributed by atoms with E-state index in [0.717, 1.165) is 24.2 Å². The number of hydrogen-bond donors (Lipinski definition) is 3. The summed E-state index contributed by atoms with van der Waals surface area (Å²) in [5.41, 5.74) is 2.11. The van der Waals surface area contributed by atoms with E-state index in [1.807, 2.05) is 24.3 Å². The van der Waals surface area contributed by atoms with Gasteiger partial charge in [0.05, 0.1) is 37.2 Å². The van der Waals surface area contributed by atoms with Crippen molar-refractivity contribution in [3.05, 3.63) is 35.5 Å². The van der Waals surface area contributed by atoms with E-state index in [-0.39, 0.29) is 36.9 Å². The molecule has 1 fully saturated rings. The van der Waals surface area contributed by atoms with E-state index in [0.29, 0.717) is 6.04 Å². The highest BCUT2D eigenvalue weighted by molar-refractivity contribution is 6.09. The predicted octanol–water partition coefficient (Wildman–Crippen LogP) is 0.934. The summed E-state index contributed by atoms with van der Waals surface area (Å²) in [7, 11) is 1.29. The lowest BCUT2D eigenvalue weighted by Gasteiger charge is -2.16. The fourth-order valence-corrected chi connectivity index (χ4v) is 2.65. The zero-order valence-corrected chi connectivity index (χ0v) is 13.5. The molecule has 1 saturated carbocycles. The lowest BCUT2D eigenvalue weighted by molar-refractivity contribution is -0.136. The molecule has 7 nitrogen and oxygen atoms in total. The van der Waals surface area contributed by atoms with Crippen LogP contribution in [0.25, 0.3) is 0 Å². The van der Waals surface area contributed by atoms with Crippen LogP contribution >= 0.6 is 0 Å². The number of β-amino-alcohol motifs (C(OH)–C–C–N with tert-alkyl or cyclic N) is 1. The zero-order chi connectivity index (χ0) is 17.1. The van der Waals surface area contributed by atoms with Gasteiger partial charge < -0.3 is 25.4 Å². The Bertz CT molecular complexity index is 682. The summed E-state index contributed by atoms with van der Waals surface area (Å²) in [6, 6.07) is 8.04. The molecule has 24 heavy (non-hydrogen) atoms. The molecule has 1 aliphatic heterocycles.